The van der Waals surface area contributed by atoms with E-state index in [-0.39, 0.29) is 28.5 Å². The summed E-state index contributed by atoms with van der Waals surface area (Å²) in [5, 5.41) is 9.32. The predicted molar refractivity (Wildman–Crippen MR) is 95.3 cm³/mol. The van der Waals surface area contributed by atoms with Crippen LogP contribution in [0.5, 0.6) is 0 Å². The Morgan fingerprint density at radius 2 is 2.04 bits per heavy atom. The SMILES string of the molecule is Cc1cccc(S(=O)(=O)NC2CC(N(CC(=O)O)CC3CC3)C2)c1Cl. The van der Waals surface area contributed by atoms with E-state index < -0.39 is 16.0 Å². The first kappa shape index (κ1) is 18.6. The molecule has 0 heterocycles. The van der Waals surface area contributed by atoms with E-state index in [1.54, 1.807) is 19.1 Å². The zero-order chi connectivity index (χ0) is 18.2. The highest BCUT2D eigenvalue weighted by Crippen LogP contribution is 2.34. The maximum atomic E-state index is 12.5. The molecule has 0 amide bonds. The van der Waals surface area contributed by atoms with Crippen LogP contribution in [0.2, 0.25) is 5.02 Å². The predicted octanol–water partition coefficient (Wildman–Crippen LogP) is 2.25. The van der Waals surface area contributed by atoms with Crippen LogP contribution in [0.3, 0.4) is 0 Å². The lowest BCUT2D eigenvalue weighted by Gasteiger charge is -2.42. The highest BCUT2D eigenvalue weighted by atomic mass is 35.5. The number of benzene rings is 1. The molecule has 2 fully saturated rings. The summed E-state index contributed by atoms with van der Waals surface area (Å²) in [4.78, 5) is 13.1. The molecule has 2 aliphatic rings. The molecule has 0 saturated heterocycles. The molecule has 2 N–H and O–H groups in total. The molecular formula is C17H23ClN2O4S. The van der Waals surface area contributed by atoms with Crippen molar-refractivity contribution in [3.05, 3.63) is 28.8 Å². The number of nitrogens with one attached hydrogen (secondary N) is 1. The molecule has 2 saturated carbocycles. The third-order valence-electron chi connectivity index (χ3n) is 4.93. The van der Waals surface area contributed by atoms with Crippen LogP contribution in [-0.4, -0.2) is 49.6 Å². The van der Waals surface area contributed by atoms with Gasteiger partial charge in [-0.3, -0.25) is 9.69 Å². The first-order chi connectivity index (χ1) is 11.8. The molecule has 0 unspecified atom stereocenters. The maximum absolute atomic E-state index is 12.5. The van der Waals surface area contributed by atoms with Gasteiger partial charge in [0.15, 0.2) is 0 Å². The van der Waals surface area contributed by atoms with Crippen molar-refractivity contribution in [2.24, 2.45) is 5.92 Å². The molecule has 1 aromatic carbocycles. The minimum atomic E-state index is -3.67. The number of sulfonamides is 1. The minimum Gasteiger partial charge on any atom is -0.480 e. The van der Waals surface area contributed by atoms with Crippen LogP contribution in [0, 0.1) is 12.8 Å². The molecule has 3 rings (SSSR count). The Morgan fingerprint density at radius 1 is 1.36 bits per heavy atom. The van der Waals surface area contributed by atoms with Crippen LogP contribution in [0.4, 0.5) is 0 Å². The van der Waals surface area contributed by atoms with Gasteiger partial charge < -0.3 is 5.11 Å². The van der Waals surface area contributed by atoms with Gasteiger partial charge in [-0.2, -0.15) is 0 Å². The molecule has 0 atom stereocenters. The fourth-order valence-corrected chi connectivity index (χ4v) is 5.09. The van der Waals surface area contributed by atoms with E-state index in [2.05, 4.69) is 4.72 Å². The molecule has 0 spiro atoms. The van der Waals surface area contributed by atoms with Gasteiger partial charge in [0.25, 0.3) is 0 Å². The van der Waals surface area contributed by atoms with E-state index in [1.165, 1.54) is 6.07 Å². The standard InChI is InChI=1S/C17H23ClN2O4S/c1-11-3-2-4-15(17(11)18)25(23,24)19-13-7-14(8-13)20(10-16(21)22)9-12-5-6-12/h2-4,12-14,19H,5-10H2,1H3,(H,21,22). The maximum Gasteiger partial charge on any atom is 0.317 e. The lowest BCUT2D eigenvalue weighted by atomic mass is 9.86. The monoisotopic (exact) mass is 386 g/mol. The number of aryl methyl sites for hydroxylation is 1. The van der Waals surface area contributed by atoms with E-state index in [0.29, 0.717) is 24.3 Å². The Kier molecular flexibility index (Phi) is 5.39. The second kappa shape index (κ2) is 7.23. The van der Waals surface area contributed by atoms with Gasteiger partial charge >= 0.3 is 5.97 Å². The van der Waals surface area contributed by atoms with Crippen molar-refractivity contribution in [1.82, 2.24) is 9.62 Å². The van der Waals surface area contributed by atoms with E-state index in [0.717, 1.165) is 19.4 Å². The van der Waals surface area contributed by atoms with Gasteiger partial charge in [-0.1, -0.05) is 23.7 Å². The Hall–Kier alpha value is -1.15. The molecule has 1 aromatic rings. The van der Waals surface area contributed by atoms with Crippen LogP contribution in [0.25, 0.3) is 0 Å². The largest absolute Gasteiger partial charge is 0.480 e. The molecule has 138 valence electrons. The fourth-order valence-electron chi connectivity index (χ4n) is 3.24. The van der Waals surface area contributed by atoms with Crippen molar-refractivity contribution in [3.63, 3.8) is 0 Å². The molecule has 8 heteroatoms. The number of carboxylic acids is 1. The third kappa shape index (κ3) is 4.53. The highest BCUT2D eigenvalue weighted by Gasteiger charge is 2.39. The van der Waals surface area contributed by atoms with E-state index in [1.807, 2.05) is 4.90 Å². The smallest absolute Gasteiger partial charge is 0.317 e. The van der Waals surface area contributed by atoms with Crippen molar-refractivity contribution in [3.8, 4) is 0 Å². The zero-order valence-electron chi connectivity index (χ0n) is 14.1. The first-order valence-electron chi connectivity index (χ1n) is 8.49. The van der Waals surface area contributed by atoms with Gasteiger partial charge in [0.05, 0.1) is 11.6 Å². The van der Waals surface area contributed by atoms with Crippen LogP contribution in [0.1, 0.15) is 31.2 Å². The molecule has 6 nitrogen and oxygen atoms in total. The highest BCUT2D eigenvalue weighted by molar-refractivity contribution is 7.89. The lowest BCUT2D eigenvalue weighted by Crippen LogP contribution is -2.55. The van der Waals surface area contributed by atoms with Gasteiger partial charge in [-0.15, -0.1) is 0 Å². The van der Waals surface area contributed by atoms with Crippen molar-refractivity contribution in [2.45, 2.75) is 49.6 Å². The Labute approximate surface area is 153 Å². The van der Waals surface area contributed by atoms with Gasteiger partial charge in [0.2, 0.25) is 10.0 Å². The zero-order valence-corrected chi connectivity index (χ0v) is 15.7. The second-order valence-corrected chi connectivity index (χ2v) is 9.16. The summed E-state index contributed by atoms with van der Waals surface area (Å²) in [6.07, 6.45) is 3.57. The molecule has 0 radical (unpaired) electrons. The van der Waals surface area contributed by atoms with Gasteiger partial charge in [-0.25, -0.2) is 13.1 Å². The Morgan fingerprint density at radius 3 is 2.64 bits per heavy atom. The summed E-state index contributed by atoms with van der Waals surface area (Å²) in [6.45, 7) is 2.58. The number of hydrogen-bond donors (Lipinski definition) is 2. The van der Waals surface area contributed by atoms with Crippen LogP contribution in [0.15, 0.2) is 23.1 Å². The summed E-state index contributed by atoms with van der Waals surface area (Å²) < 4.78 is 27.8. The quantitative estimate of drug-likeness (QED) is 0.715. The van der Waals surface area contributed by atoms with Gasteiger partial charge in [-0.05, 0) is 50.2 Å². The molecular weight excluding hydrogens is 364 g/mol. The lowest BCUT2D eigenvalue weighted by molar-refractivity contribution is -0.139. The number of rotatable bonds is 8. The van der Waals surface area contributed by atoms with Crippen molar-refractivity contribution in [1.29, 1.82) is 0 Å². The van der Waals surface area contributed by atoms with Crippen LogP contribution in [-0.2, 0) is 14.8 Å². The third-order valence-corrected chi connectivity index (χ3v) is 7.10. The Bertz CT molecular complexity index is 758. The second-order valence-electron chi connectivity index (χ2n) is 7.10. The summed E-state index contributed by atoms with van der Waals surface area (Å²) in [6, 6.07) is 4.88. The average molecular weight is 387 g/mol. The van der Waals surface area contributed by atoms with E-state index in [9.17, 15) is 13.2 Å². The topological polar surface area (TPSA) is 86.7 Å². The summed E-state index contributed by atoms with van der Waals surface area (Å²) in [5.41, 5.74) is 0.716. The molecule has 2 aliphatic carbocycles. The summed E-state index contributed by atoms with van der Waals surface area (Å²) in [5.74, 6) is -0.239. The first-order valence-corrected chi connectivity index (χ1v) is 10.4. The minimum absolute atomic E-state index is 0.0182. The number of halogens is 1. The van der Waals surface area contributed by atoms with Crippen molar-refractivity contribution < 1.29 is 18.3 Å². The number of carboxylic acid groups (broad SMARTS) is 1. The average Bonchev–Trinajstić information content (AvgIpc) is 3.28. The summed E-state index contributed by atoms with van der Waals surface area (Å²) >= 11 is 6.13. The summed E-state index contributed by atoms with van der Waals surface area (Å²) in [7, 11) is -3.67. The van der Waals surface area contributed by atoms with E-state index >= 15 is 0 Å². The number of carbonyl (C=O) groups is 1. The van der Waals surface area contributed by atoms with Crippen LogP contribution >= 0.6 is 11.6 Å². The molecule has 0 aliphatic heterocycles. The van der Waals surface area contributed by atoms with Crippen molar-refractivity contribution >= 4 is 27.6 Å². The normalized spacial score (nSPS) is 23.5. The Balaban J connectivity index is 1.60. The number of hydrogen-bond acceptors (Lipinski definition) is 4. The fraction of sp³-hybridized carbons (Fsp3) is 0.588. The van der Waals surface area contributed by atoms with Gasteiger partial charge in [0.1, 0.15) is 4.90 Å². The molecule has 0 bridgehead atoms. The molecule has 0 aromatic heterocycles. The number of aliphatic carboxylic acids is 1. The van der Waals surface area contributed by atoms with Gasteiger partial charge in [0, 0.05) is 18.6 Å². The van der Waals surface area contributed by atoms with E-state index in [4.69, 9.17) is 16.7 Å². The number of nitrogens with zero attached hydrogens (tertiary/aromatic N) is 1. The van der Waals surface area contributed by atoms with Crippen molar-refractivity contribution in [2.75, 3.05) is 13.1 Å². The van der Waals surface area contributed by atoms with Crippen LogP contribution < -0.4 is 4.72 Å². The molecule has 25 heavy (non-hydrogen) atoms.